The Morgan fingerprint density at radius 2 is 1.71 bits per heavy atom. The number of aliphatic hydroxyl groups excluding tert-OH is 1. The van der Waals surface area contributed by atoms with E-state index in [0.717, 1.165) is 24.3 Å². The second-order valence-electron chi connectivity index (χ2n) is 12.2. The molecule has 0 aromatic heterocycles. The molecule has 3 saturated carbocycles. The van der Waals surface area contributed by atoms with Crippen LogP contribution in [0.25, 0.3) is 0 Å². The van der Waals surface area contributed by atoms with E-state index in [1.807, 2.05) is 0 Å². The average Bonchev–Trinajstić information content (AvgIpc) is 2.99. The molecule has 0 aromatic carbocycles. The highest BCUT2D eigenvalue weighted by Gasteiger charge is 2.68. The Morgan fingerprint density at radius 3 is 2.46 bits per heavy atom. The summed E-state index contributed by atoms with van der Waals surface area (Å²) in [6.45, 7) is 12.8. The van der Waals surface area contributed by atoms with Gasteiger partial charge in [0.2, 0.25) is 0 Å². The van der Waals surface area contributed by atoms with Crippen LogP contribution in [0.1, 0.15) is 79.6 Å². The number of hydrogen-bond donors (Lipinski definition) is 1. The van der Waals surface area contributed by atoms with Gasteiger partial charge in [-0.05, 0) is 72.5 Å². The Bertz CT molecular complexity index is 738. The van der Waals surface area contributed by atoms with Crippen molar-refractivity contribution in [2.75, 3.05) is 6.61 Å². The molecule has 1 N–H and O–H groups in total. The van der Waals surface area contributed by atoms with Gasteiger partial charge in [0, 0.05) is 16.9 Å². The van der Waals surface area contributed by atoms with Crippen molar-refractivity contribution in [2.24, 2.45) is 45.3 Å². The molecule has 4 aliphatic carbocycles. The zero-order valence-corrected chi connectivity index (χ0v) is 18.4. The smallest absolute Gasteiger partial charge is 0.334 e. The first kappa shape index (κ1) is 19.2. The number of hydrogen-bond acceptors (Lipinski definition) is 3. The lowest BCUT2D eigenvalue weighted by molar-refractivity contribution is -0.233. The van der Waals surface area contributed by atoms with Crippen LogP contribution in [0, 0.1) is 45.3 Å². The molecule has 156 valence electrons. The fourth-order valence-electron chi connectivity index (χ4n) is 9.52. The lowest BCUT2D eigenvalue weighted by Crippen LogP contribution is -2.66. The number of fused-ring (bicyclic) bond motifs is 7. The second-order valence-corrected chi connectivity index (χ2v) is 12.2. The fourth-order valence-corrected chi connectivity index (χ4v) is 9.52. The lowest BCUT2D eigenvalue weighted by atomic mass is 9.35. The Balaban J connectivity index is 1.59. The molecule has 5 rings (SSSR count). The monoisotopic (exact) mass is 386 g/mol. The SMILES string of the molecule is CC1(C)CCC[C@]2(C)[C@H]3C[C@H](O)[C@]4(C)[C@H]5COC(=O)C5=CC[C@H]4[C@]3(C)CC[C@@H]12. The van der Waals surface area contributed by atoms with Gasteiger partial charge in [0.1, 0.15) is 0 Å². The molecule has 0 spiro atoms. The van der Waals surface area contributed by atoms with Crippen LogP contribution in [0.2, 0.25) is 0 Å². The van der Waals surface area contributed by atoms with Crippen molar-refractivity contribution in [3.63, 3.8) is 0 Å². The van der Waals surface area contributed by atoms with Gasteiger partial charge < -0.3 is 9.84 Å². The van der Waals surface area contributed by atoms with Crippen molar-refractivity contribution in [2.45, 2.75) is 85.7 Å². The standard InChI is InChI=1S/C25H38O3/c1-22(2)10-6-11-23(3)17(22)9-12-24(4)18-8-7-15-16(14-28-21(15)27)25(18,5)20(26)13-19(23)24/h7,16-20,26H,6,8-14H2,1-5H3/t16-,17-,18-,19+,20-,23-,24-,25+/m0/s1. The van der Waals surface area contributed by atoms with Gasteiger partial charge in [0.15, 0.2) is 0 Å². The number of esters is 1. The Hall–Kier alpha value is -0.830. The minimum Gasteiger partial charge on any atom is -0.462 e. The van der Waals surface area contributed by atoms with E-state index in [0.29, 0.717) is 29.3 Å². The minimum atomic E-state index is -0.348. The molecule has 1 heterocycles. The molecule has 0 unspecified atom stereocenters. The van der Waals surface area contributed by atoms with Gasteiger partial charge in [-0.3, -0.25) is 0 Å². The Kier molecular flexibility index (Phi) is 3.86. The first-order valence-corrected chi connectivity index (χ1v) is 11.6. The molecular formula is C25H38O3. The highest BCUT2D eigenvalue weighted by atomic mass is 16.5. The van der Waals surface area contributed by atoms with E-state index in [1.54, 1.807) is 0 Å². The van der Waals surface area contributed by atoms with Gasteiger partial charge in [-0.15, -0.1) is 0 Å². The lowest BCUT2D eigenvalue weighted by Gasteiger charge is -2.70. The van der Waals surface area contributed by atoms with Gasteiger partial charge in [-0.1, -0.05) is 47.1 Å². The Morgan fingerprint density at radius 1 is 1.00 bits per heavy atom. The number of cyclic esters (lactones) is 1. The summed E-state index contributed by atoms with van der Waals surface area (Å²) >= 11 is 0. The summed E-state index contributed by atoms with van der Waals surface area (Å²) in [6.07, 6.45) is 10.2. The summed E-state index contributed by atoms with van der Waals surface area (Å²) in [5, 5.41) is 11.6. The van der Waals surface area contributed by atoms with E-state index >= 15 is 0 Å². The molecule has 8 atom stereocenters. The molecule has 0 aromatic rings. The maximum absolute atomic E-state index is 12.2. The molecule has 0 radical (unpaired) electrons. The van der Waals surface area contributed by atoms with E-state index in [-0.39, 0.29) is 28.8 Å². The molecule has 1 saturated heterocycles. The summed E-state index contributed by atoms with van der Waals surface area (Å²) in [5.74, 6) is 1.68. The van der Waals surface area contributed by atoms with Gasteiger partial charge >= 0.3 is 5.97 Å². The quantitative estimate of drug-likeness (QED) is 0.587. The van der Waals surface area contributed by atoms with Crippen molar-refractivity contribution in [1.29, 1.82) is 0 Å². The zero-order chi connectivity index (χ0) is 20.1. The van der Waals surface area contributed by atoms with E-state index in [4.69, 9.17) is 4.74 Å². The summed E-state index contributed by atoms with van der Waals surface area (Å²) < 4.78 is 5.45. The molecule has 5 aliphatic rings. The normalized spacial score (nSPS) is 54.6. The summed E-state index contributed by atoms with van der Waals surface area (Å²) in [5.41, 5.74) is 1.57. The Labute approximate surface area is 170 Å². The first-order valence-electron chi connectivity index (χ1n) is 11.6. The van der Waals surface area contributed by atoms with Crippen molar-refractivity contribution in [3.8, 4) is 0 Å². The molecule has 28 heavy (non-hydrogen) atoms. The van der Waals surface area contributed by atoms with Crippen molar-refractivity contribution in [3.05, 3.63) is 11.6 Å². The van der Waals surface area contributed by atoms with Gasteiger partial charge in [0.25, 0.3) is 0 Å². The number of allylic oxidation sites excluding steroid dienone is 1. The zero-order valence-electron chi connectivity index (χ0n) is 18.4. The number of carbonyl (C=O) groups excluding carboxylic acids is 1. The van der Waals surface area contributed by atoms with Crippen LogP contribution < -0.4 is 0 Å². The second kappa shape index (κ2) is 5.65. The number of ether oxygens (including phenoxy) is 1. The third kappa shape index (κ3) is 2.13. The van der Waals surface area contributed by atoms with Gasteiger partial charge in [0.05, 0.1) is 12.7 Å². The third-order valence-electron chi connectivity index (χ3n) is 10.9. The first-order chi connectivity index (χ1) is 13.0. The number of rotatable bonds is 0. The van der Waals surface area contributed by atoms with Gasteiger partial charge in [-0.25, -0.2) is 4.79 Å². The van der Waals surface area contributed by atoms with Crippen LogP contribution in [-0.4, -0.2) is 23.8 Å². The van der Waals surface area contributed by atoms with Crippen LogP contribution in [0.15, 0.2) is 11.6 Å². The number of carbonyl (C=O) groups is 1. The van der Waals surface area contributed by atoms with Crippen LogP contribution >= 0.6 is 0 Å². The predicted octanol–water partition coefficient (Wildman–Crippen LogP) is 5.13. The van der Waals surface area contributed by atoms with Crippen LogP contribution in [0.3, 0.4) is 0 Å². The summed E-state index contributed by atoms with van der Waals surface area (Å²) in [6, 6.07) is 0. The predicted molar refractivity (Wildman–Crippen MR) is 109 cm³/mol. The molecule has 0 amide bonds. The maximum atomic E-state index is 12.2. The van der Waals surface area contributed by atoms with Crippen LogP contribution in [0.4, 0.5) is 0 Å². The topological polar surface area (TPSA) is 46.5 Å². The van der Waals surface area contributed by atoms with Gasteiger partial charge in [-0.2, -0.15) is 0 Å². The molecule has 3 heteroatoms. The van der Waals surface area contributed by atoms with Crippen molar-refractivity contribution >= 4 is 5.97 Å². The van der Waals surface area contributed by atoms with E-state index < -0.39 is 0 Å². The summed E-state index contributed by atoms with van der Waals surface area (Å²) in [4.78, 5) is 12.2. The van der Waals surface area contributed by atoms with E-state index in [2.05, 4.69) is 40.7 Å². The van der Waals surface area contributed by atoms with Crippen molar-refractivity contribution in [1.82, 2.24) is 0 Å². The van der Waals surface area contributed by atoms with Crippen molar-refractivity contribution < 1.29 is 14.6 Å². The minimum absolute atomic E-state index is 0.0693. The molecule has 1 aliphatic heterocycles. The highest BCUT2D eigenvalue weighted by molar-refractivity contribution is 5.91. The summed E-state index contributed by atoms with van der Waals surface area (Å²) in [7, 11) is 0. The molecule has 4 fully saturated rings. The third-order valence-corrected chi connectivity index (χ3v) is 10.9. The molecular weight excluding hydrogens is 348 g/mol. The largest absolute Gasteiger partial charge is 0.462 e. The van der Waals surface area contributed by atoms with Crippen LogP contribution in [-0.2, 0) is 9.53 Å². The fraction of sp³-hybridized carbons (Fsp3) is 0.880. The molecule has 3 nitrogen and oxygen atoms in total. The average molecular weight is 387 g/mol. The highest BCUT2D eigenvalue weighted by Crippen LogP contribution is 2.73. The maximum Gasteiger partial charge on any atom is 0.334 e. The van der Waals surface area contributed by atoms with E-state index in [9.17, 15) is 9.90 Å². The molecule has 0 bridgehead atoms. The van der Waals surface area contributed by atoms with Crippen LogP contribution in [0.5, 0.6) is 0 Å². The number of aliphatic hydroxyl groups is 1. The van der Waals surface area contributed by atoms with E-state index in [1.165, 1.54) is 32.1 Å².